The summed E-state index contributed by atoms with van der Waals surface area (Å²) in [5.41, 5.74) is 7.61. The number of rotatable bonds is 6. The van der Waals surface area contributed by atoms with Gasteiger partial charge in [0, 0.05) is 13.1 Å². The zero-order valence-electron chi connectivity index (χ0n) is 15.2. The lowest BCUT2D eigenvalue weighted by molar-refractivity contribution is 0.169. The van der Waals surface area contributed by atoms with Crippen molar-refractivity contribution >= 4 is 0 Å². The Bertz CT molecular complexity index is 714. The van der Waals surface area contributed by atoms with Crippen molar-refractivity contribution in [1.82, 2.24) is 9.88 Å². The Morgan fingerprint density at radius 1 is 1.32 bits per heavy atom. The monoisotopic (exact) mass is 345 g/mol. The second-order valence-corrected chi connectivity index (χ2v) is 6.57. The van der Waals surface area contributed by atoms with Crippen LogP contribution in [-0.4, -0.2) is 43.7 Å². The van der Waals surface area contributed by atoms with Gasteiger partial charge in [0.2, 0.25) is 5.89 Å². The van der Waals surface area contributed by atoms with E-state index in [0.29, 0.717) is 11.8 Å². The molecule has 6 nitrogen and oxygen atoms in total. The van der Waals surface area contributed by atoms with Gasteiger partial charge in [0.25, 0.3) is 0 Å². The molecule has 0 saturated carbocycles. The Kier molecular flexibility index (Phi) is 5.60. The van der Waals surface area contributed by atoms with Crippen LogP contribution in [0.15, 0.2) is 22.6 Å². The topological polar surface area (TPSA) is 73.8 Å². The molecule has 0 unspecified atom stereocenters. The Morgan fingerprint density at radius 3 is 2.88 bits per heavy atom. The molecule has 0 spiro atoms. The summed E-state index contributed by atoms with van der Waals surface area (Å²) in [5, 5.41) is 0. The van der Waals surface area contributed by atoms with Gasteiger partial charge in [-0.2, -0.15) is 0 Å². The first-order valence-electron chi connectivity index (χ1n) is 8.75. The molecular weight excluding hydrogens is 318 g/mol. The highest BCUT2D eigenvalue weighted by Crippen LogP contribution is 2.34. The highest BCUT2D eigenvalue weighted by atomic mass is 16.5. The number of hydrogen-bond acceptors (Lipinski definition) is 6. The van der Waals surface area contributed by atoms with Crippen molar-refractivity contribution in [2.24, 2.45) is 11.7 Å². The molecule has 0 radical (unpaired) electrons. The minimum absolute atomic E-state index is 0.565. The van der Waals surface area contributed by atoms with Crippen LogP contribution in [-0.2, 0) is 6.54 Å². The Labute approximate surface area is 148 Å². The number of nitrogens with zero attached hydrogens (tertiary/aromatic N) is 2. The molecule has 1 aromatic carbocycles. The highest BCUT2D eigenvalue weighted by Gasteiger charge is 2.22. The molecule has 1 atom stereocenters. The third-order valence-electron chi connectivity index (χ3n) is 4.84. The van der Waals surface area contributed by atoms with Gasteiger partial charge in [-0.15, -0.1) is 0 Å². The first-order valence-corrected chi connectivity index (χ1v) is 8.75. The van der Waals surface area contributed by atoms with Gasteiger partial charge in [0.05, 0.1) is 25.5 Å². The van der Waals surface area contributed by atoms with E-state index in [2.05, 4.69) is 4.90 Å². The fraction of sp³-hybridized carbons (Fsp3) is 0.526. The number of ether oxygens (including phenoxy) is 2. The van der Waals surface area contributed by atoms with Crippen LogP contribution in [0.2, 0.25) is 0 Å². The first kappa shape index (κ1) is 17.8. The number of aryl methyl sites for hydroxylation is 1. The molecule has 2 heterocycles. The van der Waals surface area contributed by atoms with E-state index in [0.717, 1.165) is 54.7 Å². The van der Waals surface area contributed by atoms with Gasteiger partial charge in [0.1, 0.15) is 17.3 Å². The molecule has 0 bridgehead atoms. The van der Waals surface area contributed by atoms with E-state index >= 15 is 0 Å². The summed E-state index contributed by atoms with van der Waals surface area (Å²) in [4.78, 5) is 7.15. The van der Waals surface area contributed by atoms with Gasteiger partial charge in [-0.1, -0.05) is 0 Å². The maximum atomic E-state index is 5.94. The minimum Gasteiger partial charge on any atom is -0.497 e. The van der Waals surface area contributed by atoms with Crippen LogP contribution in [0.5, 0.6) is 11.5 Å². The molecule has 0 amide bonds. The molecule has 2 aromatic rings. The van der Waals surface area contributed by atoms with E-state index in [9.17, 15) is 0 Å². The van der Waals surface area contributed by atoms with Crippen molar-refractivity contribution in [1.29, 1.82) is 0 Å². The molecule has 0 aliphatic carbocycles. The SMILES string of the molecule is COc1ccc(OC)c(-c2nc(CN3CCC[C@@H](CN)C3)c(C)o2)c1. The van der Waals surface area contributed by atoms with Crippen LogP contribution in [0.25, 0.3) is 11.5 Å². The number of hydrogen-bond donors (Lipinski definition) is 1. The normalized spacial score (nSPS) is 18.3. The summed E-state index contributed by atoms with van der Waals surface area (Å²) in [6.07, 6.45) is 2.41. The fourth-order valence-electron chi connectivity index (χ4n) is 3.37. The standard InChI is InChI=1S/C19H27N3O3/c1-13-17(12-22-8-4-5-14(10-20)11-22)21-19(25-13)16-9-15(23-2)6-7-18(16)24-3/h6-7,9,14H,4-5,8,10-12,20H2,1-3H3/t14-/m0/s1. The van der Waals surface area contributed by atoms with Gasteiger partial charge in [-0.3, -0.25) is 4.90 Å². The molecule has 1 fully saturated rings. The van der Waals surface area contributed by atoms with Crippen molar-refractivity contribution < 1.29 is 13.9 Å². The number of nitrogens with two attached hydrogens (primary N) is 1. The van der Waals surface area contributed by atoms with Crippen LogP contribution in [0.1, 0.15) is 24.3 Å². The van der Waals surface area contributed by atoms with Crippen molar-refractivity contribution in [3.63, 3.8) is 0 Å². The van der Waals surface area contributed by atoms with Crippen LogP contribution in [0, 0.1) is 12.8 Å². The maximum Gasteiger partial charge on any atom is 0.230 e. The summed E-state index contributed by atoms with van der Waals surface area (Å²) in [6, 6.07) is 5.61. The van der Waals surface area contributed by atoms with Crippen molar-refractivity contribution in [3.8, 4) is 23.0 Å². The van der Waals surface area contributed by atoms with Crippen molar-refractivity contribution in [2.45, 2.75) is 26.3 Å². The average Bonchev–Trinajstić information content (AvgIpc) is 3.01. The number of likely N-dealkylation sites (tertiary alicyclic amines) is 1. The first-order chi connectivity index (χ1) is 12.1. The third kappa shape index (κ3) is 3.96. The van der Waals surface area contributed by atoms with Crippen molar-refractivity contribution in [3.05, 3.63) is 29.7 Å². The lowest BCUT2D eigenvalue weighted by Gasteiger charge is -2.31. The average molecular weight is 345 g/mol. The van der Waals surface area contributed by atoms with Gasteiger partial charge in [-0.25, -0.2) is 4.98 Å². The number of methoxy groups -OCH3 is 2. The van der Waals surface area contributed by atoms with Gasteiger partial charge in [-0.05, 0) is 57.0 Å². The zero-order chi connectivity index (χ0) is 17.8. The van der Waals surface area contributed by atoms with E-state index in [-0.39, 0.29) is 0 Å². The summed E-state index contributed by atoms with van der Waals surface area (Å²) in [7, 11) is 3.28. The third-order valence-corrected chi connectivity index (χ3v) is 4.84. The molecule has 1 aliphatic rings. The summed E-state index contributed by atoms with van der Waals surface area (Å²) in [6.45, 7) is 5.61. The second kappa shape index (κ2) is 7.89. The predicted octanol–water partition coefficient (Wildman–Crippen LogP) is 2.84. The Morgan fingerprint density at radius 2 is 2.16 bits per heavy atom. The highest BCUT2D eigenvalue weighted by molar-refractivity contribution is 5.65. The van der Waals surface area contributed by atoms with E-state index < -0.39 is 0 Å². The lowest BCUT2D eigenvalue weighted by atomic mass is 9.98. The van der Waals surface area contributed by atoms with E-state index in [1.54, 1.807) is 14.2 Å². The van der Waals surface area contributed by atoms with Gasteiger partial charge in [0.15, 0.2) is 0 Å². The number of aromatic nitrogens is 1. The Balaban J connectivity index is 1.83. The van der Waals surface area contributed by atoms with E-state index in [4.69, 9.17) is 24.6 Å². The van der Waals surface area contributed by atoms with Crippen LogP contribution in [0.3, 0.4) is 0 Å². The molecule has 25 heavy (non-hydrogen) atoms. The van der Waals surface area contributed by atoms with Gasteiger partial charge >= 0.3 is 0 Å². The summed E-state index contributed by atoms with van der Waals surface area (Å²) in [5.74, 6) is 3.45. The molecule has 1 aliphatic heterocycles. The van der Waals surface area contributed by atoms with Gasteiger partial charge < -0.3 is 19.6 Å². The molecule has 3 rings (SSSR count). The molecular formula is C19H27N3O3. The van der Waals surface area contributed by atoms with E-state index in [1.165, 1.54) is 12.8 Å². The second-order valence-electron chi connectivity index (χ2n) is 6.57. The number of piperidine rings is 1. The maximum absolute atomic E-state index is 5.94. The number of oxazole rings is 1. The van der Waals surface area contributed by atoms with Crippen molar-refractivity contribution in [2.75, 3.05) is 33.9 Å². The van der Waals surface area contributed by atoms with Crippen LogP contribution < -0.4 is 15.2 Å². The smallest absolute Gasteiger partial charge is 0.230 e. The predicted molar refractivity (Wildman–Crippen MR) is 96.8 cm³/mol. The molecule has 1 saturated heterocycles. The molecule has 1 aromatic heterocycles. The molecule has 6 heteroatoms. The quantitative estimate of drug-likeness (QED) is 0.868. The van der Waals surface area contributed by atoms with Crippen LogP contribution >= 0.6 is 0 Å². The summed E-state index contributed by atoms with van der Waals surface area (Å²) < 4.78 is 16.7. The van der Waals surface area contributed by atoms with Crippen LogP contribution in [0.4, 0.5) is 0 Å². The zero-order valence-corrected chi connectivity index (χ0v) is 15.2. The van der Waals surface area contributed by atoms with E-state index in [1.807, 2.05) is 25.1 Å². The fourth-order valence-corrected chi connectivity index (χ4v) is 3.37. The molecule has 136 valence electrons. The number of benzene rings is 1. The lowest BCUT2D eigenvalue weighted by Crippen LogP contribution is -2.38. The molecule has 2 N–H and O–H groups in total. The largest absolute Gasteiger partial charge is 0.497 e. The Hall–Kier alpha value is -2.05. The minimum atomic E-state index is 0.565. The summed E-state index contributed by atoms with van der Waals surface area (Å²) >= 11 is 0.